The molecule has 0 bridgehead atoms. The molecule has 0 fully saturated rings. The fourth-order valence-electron chi connectivity index (χ4n) is 1.52. The van der Waals surface area contributed by atoms with Crippen molar-refractivity contribution in [3.63, 3.8) is 0 Å². The molecule has 0 radical (unpaired) electrons. The molecule has 0 saturated carbocycles. The summed E-state index contributed by atoms with van der Waals surface area (Å²) in [6, 6.07) is 4.73. The van der Waals surface area contributed by atoms with E-state index < -0.39 is 16.0 Å². The Balaban J connectivity index is 2.82. The highest BCUT2D eigenvalue weighted by Crippen LogP contribution is 2.19. The summed E-state index contributed by atoms with van der Waals surface area (Å²) in [5.41, 5.74) is 6.85. The Hall–Kier alpha value is -1.80. The van der Waals surface area contributed by atoms with Crippen molar-refractivity contribution in [2.24, 2.45) is 0 Å². The summed E-state index contributed by atoms with van der Waals surface area (Å²) in [6.45, 7) is 2.12. The van der Waals surface area contributed by atoms with Gasteiger partial charge in [0.2, 0.25) is 10.0 Å². The third-order valence-electron chi connectivity index (χ3n) is 2.54. The summed E-state index contributed by atoms with van der Waals surface area (Å²) < 4.78 is 29.7. The SMILES string of the molecule is CCOC(=O)c1cc(N)ccc1NCCS(=O)(=O)NC. The van der Waals surface area contributed by atoms with E-state index in [0.29, 0.717) is 11.4 Å². The van der Waals surface area contributed by atoms with Gasteiger partial charge in [0, 0.05) is 17.9 Å². The molecule has 20 heavy (non-hydrogen) atoms. The molecule has 1 rings (SSSR count). The van der Waals surface area contributed by atoms with Gasteiger partial charge in [0.05, 0.1) is 17.9 Å². The predicted octanol–water partition coefficient (Wildman–Crippen LogP) is 0.407. The maximum Gasteiger partial charge on any atom is 0.340 e. The van der Waals surface area contributed by atoms with Gasteiger partial charge in [-0.3, -0.25) is 0 Å². The molecule has 1 aromatic carbocycles. The second kappa shape index (κ2) is 7.11. The zero-order valence-electron chi connectivity index (χ0n) is 11.5. The van der Waals surface area contributed by atoms with Crippen LogP contribution in [0.3, 0.4) is 0 Å². The Bertz CT molecular complexity index is 572. The van der Waals surface area contributed by atoms with E-state index in [-0.39, 0.29) is 24.5 Å². The third kappa shape index (κ3) is 4.71. The van der Waals surface area contributed by atoms with Crippen LogP contribution in [0.2, 0.25) is 0 Å². The molecule has 0 aliphatic heterocycles. The standard InChI is InChI=1S/C12H19N3O4S/c1-3-19-12(16)10-8-9(13)4-5-11(10)15-6-7-20(17,18)14-2/h4-5,8,14-15H,3,6-7,13H2,1-2H3. The molecule has 0 spiro atoms. The quantitative estimate of drug-likeness (QED) is 0.497. The molecule has 0 saturated heterocycles. The number of carbonyl (C=O) groups is 1. The van der Waals surface area contributed by atoms with Gasteiger partial charge >= 0.3 is 5.97 Å². The molecule has 0 aliphatic carbocycles. The number of carbonyl (C=O) groups excluding carboxylic acids is 1. The number of benzene rings is 1. The number of nitrogens with one attached hydrogen (secondary N) is 2. The van der Waals surface area contributed by atoms with Gasteiger partial charge in [-0.25, -0.2) is 17.9 Å². The first kappa shape index (κ1) is 16.3. The fraction of sp³-hybridized carbons (Fsp3) is 0.417. The number of sulfonamides is 1. The highest BCUT2D eigenvalue weighted by atomic mass is 32.2. The average molecular weight is 301 g/mol. The fourth-order valence-corrected chi connectivity index (χ4v) is 2.09. The van der Waals surface area contributed by atoms with E-state index in [0.717, 1.165) is 0 Å². The lowest BCUT2D eigenvalue weighted by Gasteiger charge is -2.12. The monoisotopic (exact) mass is 301 g/mol. The van der Waals surface area contributed by atoms with Crippen LogP contribution in [0.5, 0.6) is 0 Å². The number of nitrogen functional groups attached to an aromatic ring is 1. The number of esters is 1. The first-order valence-electron chi connectivity index (χ1n) is 6.11. The van der Waals surface area contributed by atoms with Crippen LogP contribution in [-0.4, -0.2) is 40.3 Å². The zero-order valence-corrected chi connectivity index (χ0v) is 12.3. The minimum Gasteiger partial charge on any atom is -0.462 e. The van der Waals surface area contributed by atoms with Crippen molar-refractivity contribution in [2.75, 3.05) is 37.0 Å². The minimum atomic E-state index is -3.29. The summed E-state index contributed by atoms with van der Waals surface area (Å²) in [7, 11) is -1.94. The van der Waals surface area contributed by atoms with E-state index in [1.54, 1.807) is 19.1 Å². The lowest BCUT2D eigenvalue weighted by atomic mass is 10.1. The molecular weight excluding hydrogens is 282 g/mol. The van der Waals surface area contributed by atoms with Crippen LogP contribution in [0.4, 0.5) is 11.4 Å². The van der Waals surface area contributed by atoms with Crippen LogP contribution < -0.4 is 15.8 Å². The van der Waals surface area contributed by atoms with Gasteiger partial charge in [-0.05, 0) is 32.2 Å². The molecule has 4 N–H and O–H groups in total. The van der Waals surface area contributed by atoms with E-state index >= 15 is 0 Å². The average Bonchev–Trinajstić information content (AvgIpc) is 2.40. The number of ether oxygens (including phenoxy) is 1. The molecule has 1 aromatic rings. The third-order valence-corrected chi connectivity index (χ3v) is 3.90. The van der Waals surface area contributed by atoms with Crippen molar-refractivity contribution in [3.8, 4) is 0 Å². The molecule has 0 heterocycles. The van der Waals surface area contributed by atoms with Crippen LogP contribution in [0.15, 0.2) is 18.2 Å². The van der Waals surface area contributed by atoms with E-state index in [4.69, 9.17) is 10.5 Å². The second-order valence-corrected chi connectivity index (χ2v) is 6.02. The summed E-state index contributed by atoms with van der Waals surface area (Å²) in [6.07, 6.45) is 0. The van der Waals surface area contributed by atoms with Crippen molar-refractivity contribution >= 4 is 27.4 Å². The predicted molar refractivity (Wildman–Crippen MR) is 78.1 cm³/mol. The largest absolute Gasteiger partial charge is 0.462 e. The van der Waals surface area contributed by atoms with Gasteiger partial charge in [-0.1, -0.05) is 0 Å². The number of hydrogen-bond acceptors (Lipinski definition) is 6. The van der Waals surface area contributed by atoms with Gasteiger partial charge in [-0.2, -0.15) is 0 Å². The van der Waals surface area contributed by atoms with E-state index in [2.05, 4.69) is 10.0 Å². The Morgan fingerprint density at radius 2 is 2.10 bits per heavy atom. The Morgan fingerprint density at radius 1 is 1.40 bits per heavy atom. The van der Waals surface area contributed by atoms with Crippen molar-refractivity contribution in [3.05, 3.63) is 23.8 Å². The van der Waals surface area contributed by atoms with Gasteiger partial charge in [0.25, 0.3) is 0 Å². The first-order chi connectivity index (χ1) is 9.39. The number of nitrogens with two attached hydrogens (primary N) is 1. The van der Waals surface area contributed by atoms with Crippen LogP contribution in [-0.2, 0) is 14.8 Å². The molecular formula is C12H19N3O4S. The summed E-state index contributed by atoms with van der Waals surface area (Å²) in [5, 5.41) is 2.89. The van der Waals surface area contributed by atoms with Crippen LogP contribution in [0.1, 0.15) is 17.3 Å². The van der Waals surface area contributed by atoms with Crippen molar-refractivity contribution in [1.29, 1.82) is 0 Å². The first-order valence-corrected chi connectivity index (χ1v) is 7.76. The van der Waals surface area contributed by atoms with Gasteiger partial charge in [0.1, 0.15) is 0 Å². The van der Waals surface area contributed by atoms with Crippen LogP contribution >= 0.6 is 0 Å². The molecule has 8 heteroatoms. The topological polar surface area (TPSA) is 111 Å². The molecule has 0 unspecified atom stereocenters. The summed E-state index contributed by atoms with van der Waals surface area (Å²) in [5.74, 6) is -0.602. The number of hydrogen-bond donors (Lipinski definition) is 3. The lowest BCUT2D eigenvalue weighted by Crippen LogP contribution is -2.26. The Morgan fingerprint density at radius 3 is 2.70 bits per heavy atom. The van der Waals surface area contributed by atoms with Crippen molar-refractivity contribution < 1.29 is 17.9 Å². The molecule has 0 amide bonds. The summed E-state index contributed by atoms with van der Waals surface area (Å²) in [4.78, 5) is 11.8. The molecule has 7 nitrogen and oxygen atoms in total. The summed E-state index contributed by atoms with van der Waals surface area (Å²) >= 11 is 0. The number of rotatable bonds is 7. The van der Waals surface area contributed by atoms with E-state index in [1.807, 2.05) is 0 Å². The van der Waals surface area contributed by atoms with Gasteiger partial charge in [-0.15, -0.1) is 0 Å². The van der Waals surface area contributed by atoms with Crippen molar-refractivity contribution in [2.45, 2.75) is 6.92 Å². The van der Waals surface area contributed by atoms with Gasteiger partial charge in [0.15, 0.2) is 0 Å². The van der Waals surface area contributed by atoms with E-state index in [1.165, 1.54) is 13.1 Å². The molecule has 112 valence electrons. The highest BCUT2D eigenvalue weighted by molar-refractivity contribution is 7.89. The minimum absolute atomic E-state index is 0.101. The van der Waals surface area contributed by atoms with Crippen LogP contribution in [0, 0.1) is 0 Å². The zero-order chi connectivity index (χ0) is 15.2. The molecule has 0 aromatic heterocycles. The Kier molecular flexibility index (Phi) is 5.78. The molecule has 0 atom stereocenters. The smallest absolute Gasteiger partial charge is 0.340 e. The highest BCUT2D eigenvalue weighted by Gasteiger charge is 2.14. The molecule has 0 aliphatic rings. The Labute approximate surface area is 118 Å². The van der Waals surface area contributed by atoms with E-state index in [9.17, 15) is 13.2 Å². The van der Waals surface area contributed by atoms with Gasteiger partial charge < -0.3 is 15.8 Å². The number of anilines is 2. The maximum atomic E-state index is 11.8. The van der Waals surface area contributed by atoms with Crippen molar-refractivity contribution in [1.82, 2.24) is 4.72 Å². The van der Waals surface area contributed by atoms with Crippen LogP contribution in [0.25, 0.3) is 0 Å². The lowest BCUT2D eigenvalue weighted by molar-refractivity contribution is 0.0527. The maximum absolute atomic E-state index is 11.8. The normalized spacial score (nSPS) is 11.1. The second-order valence-electron chi connectivity index (χ2n) is 3.98.